The first-order valence-corrected chi connectivity index (χ1v) is 15.2. The van der Waals surface area contributed by atoms with Crippen LogP contribution in [0.25, 0.3) is 0 Å². The summed E-state index contributed by atoms with van der Waals surface area (Å²) in [6, 6.07) is 0. The maximum absolute atomic E-state index is 10.4. The normalized spacial score (nSPS) is 11.1. The Bertz CT molecular complexity index is 555. The van der Waals surface area contributed by atoms with Gasteiger partial charge in [0, 0.05) is 0 Å². The lowest BCUT2D eigenvalue weighted by Gasteiger charge is -2.01. The zero-order chi connectivity index (χ0) is 23.1. The molecule has 0 aliphatic carbocycles. The van der Waals surface area contributed by atoms with E-state index in [-0.39, 0.29) is 23.8 Å². The minimum atomic E-state index is -3.73. The highest BCUT2D eigenvalue weighted by Gasteiger charge is 2.03. The Hall–Kier alpha value is -0.260. The third kappa shape index (κ3) is 43.6. The molecule has 0 heterocycles. The number of rotatable bonds is 20. The van der Waals surface area contributed by atoms with Gasteiger partial charge in [0.15, 0.2) is 0 Å². The molecule has 0 bridgehead atoms. The lowest BCUT2D eigenvalue weighted by Crippen LogP contribution is -2.03. The predicted octanol–water partition coefficient (Wildman–Crippen LogP) is 7.13. The van der Waals surface area contributed by atoms with E-state index in [2.05, 4.69) is 13.8 Å². The summed E-state index contributed by atoms with van der Waals surface area (Å²) in [5.74, 6) is -0.161. The van der Waals surface area contributed by atoms with Gasteiger partial charge in [-0.15, -0.1) is 0 Å². The summed E-state index contributed by atoms with van der Waals surface area (Å²) in [5, 5.41) is 0. The largest absolute Gasteiger partial charge is 0.344 e. The van der Waals surface area contributed by atoms with Crippen LogP contribution < -0.4 is 12.3 Å². The molecule has 0 aliphatic heterocycles. The Morgan fingerprint density at radius 1 is 0.406 bits per heavy atom. The van der Waals surface area contributed by atoms with Crippen molar-refractivity contribution in [3.63, 3.8) is 0 Å². The second-order valence-electron chi connectivity index (χ2n) is 8.23. The van der Waals surface area contributed by atoms with Crippen molar-refractivity contribution < 1.29 is 25.9 Å². The van der Waals surface area contributed by atoms with Crippen molar-refractivity contribution in [3.8, 4) is 0 Å². The van der Waals surface area contributed by atoms with E-state index in [1.165, 1.54) is 77.0 Å². The maximum atomic E-state index is 10.4. The highest BCUT2D eigenvalue weighted by atomic mass is 32.2. The molecule has 0 atom stereocenters. The fraction of sp³-hybridized carbons (Fsp3) is 1.00. The zero-order valence-electron chi connectivity index (χ0n) is 20.9. The molecule has 0 radical (unpaired) electrons. The van der Waals surface area contributed by atoms with Crippen LogP contribution in [0.5, 0.6) is 0 Å². The average Bonchev–Trinajstić information content (AvgIpc) is 2.64. The fourth-order valence-electron chi connectivity index (χ4n) is 3.19. The first-order chi connectivity index (χ1) is 14.1. The van der Waals surface area contributed by atoms with Crippen molar-refractivity contribution in [1.82, 2.24) is 12.3 Å². The number of unbranched alkanes of at least 4 members (excludes halogenated alkanes) is 16. The smallest absolute Gasteiger partial charge is 0.264 e. The molecule has 200 valence electrons. The van der Waals surface area contributed by atoms with E-state index in [4.69, 9.17) is 9.11 Å². The maximum Gasteiger partial charge on any atom is 0.264 e. The summed E-state index contributed by atoms with van der Waals surface area (Å²) >= 11 is 0. The summed E-state index contributed by atoms with van der Waals surface area (Å²) in [4.78, 5) is 0. The predicted molar refractivity (Wildman–Crippen MR) is 137 cm³/mol. The summed E-state index contributed by atoms with van der Waals surface area (Å²) in [6.07, 6.45) is 20.5. The molecule has 0 saturated carbocycles. The van der Waals surface area contributed by atoms with Crippen molar-refractivity contribution in [2.75, 3.05) is 11.5 Å². The van der Waals surface area contributed by atoms with Crippen molar-refractivity contribution >= 4 is 20.2 Å². The van der Waals surface area contributed by atoms with E-state index in [9.17, 15) is 16.8 Å². The molecule has 32 heavy (non-hydrogen) atoms. The molecular formula is C22H54N2O6S2. The van der Waals surface area contributed by atoms with Crippen LogP contribution in [0.4, 0.5) is 0 Å². The molecule has 0 spiro atoms. The Kier molecular flexibility index (Phi) is 32.9. The molecule has 8 nitrogen and oxygen atoms in total. The van der Waals surface area contributed by atoms with Gasteiger partial charge in [-0.3, -0.25) is 9.11 Å². The molecule has 0 aromatic rings. The molecule has 0 aromatic heterocycles. The van der Waals surface area contributed by atoms with E-state index in [1.807, 2.05) is 0 Å². The molecule has 0 unspecified atom stereocenters. The lowest BCUT2D eigenvalue weighted by atomic mass is 10.1. The van der Waals surface area contributed by atoms with Gasteiger partial charge in [-0.25, -0.2) is 0 Å². The molecule has 0 amide bonds. The number of hydrogen-bond donors (Lipinski definition) is 4. The Morgan fingerprint density at radius 3 is 0.781 bits per heavy atom. The summed E-state index contributed by atoms with van der Waals surface area (Å²) in [6.45, 7) is 4.40. The van der Waals surface area contributed by atoms with Gasteiger partial charge in [0.1, 0.15) is 0 Å². The second kappa shape index (κ2) is 27.0. The van der Waals surface area contributed by atoms with Crippen molar-refractivity contribution in [1.29, 1.82) is 0 Å². The van der Waals surface area contributed by atoms with Gasteiger partial charge < -0.3 is 12.3 Å². The highest BCUT2D eigenvalue weighted by Crippen LogP contribution is 2.11. The monoisotopic (exact) mass is 506 g/mol. The van der Waals surface area contributed by atoms with Crippen molar-refractivity contribution in [2.24, 2.45) is 0 Å². The Morgan fingerprint density at radius 2 is 0.594 bits per heavy atom. The first kappa shape index (κ1) is 39.0. The van der Waals surface area contributed by atoms with Gasteiger partial charge in [-0.1, -0.05) is 117 Å². The Labute approximate surface area is 199 Å². The van der Waals surface area contributed by atoms with E-state index in [0.717, 1.165) is 25.7 Å². The van der Waals surface area contributed by atoms with Crippen LogP contribution in [0, 0.1) is 0 Å². The lowest BCUT2D eigenvalue weighted by molar-refractivity contribution is 0.476. The van der Waals surface area contributed by atoms with Crippen LogP contribution in [0.15, 0.2) is 0 Å². The van der Waals surface area contributed by atoms with Crippen LogP contribution in [0.1, 0.15) is 129 Å². The van der Waals surface area contributed by atoms with E-state index in [0.29, 0.717) is 12.8 Å². The third-order valence-corrected chi connectivity index (χ3v) is 6.62. The standard InChI is InChI=1S/C12H26O3S.C10H22O3S.2H3N/c1-2-3-4-5-6-7-8-9-10-11-12-16(13,14)15;1-2-3-4-5-6-7-8-9-10-14(11,12)13;;/h2-12H2,1H3,(H,13,14,15);2-10H2,1H3,(H,11,12,13);2*1H3. The van der Waals surface area contributed by atoms with Gasteiger partial charge in [-0.05, 0) is 12.8 Å². The second-order valence-corrected chi connectivity index (χ2v) is 11.4. The first-order valence-electron chi connectivity index (χ1n) is 12.0. The van der Waals surface area contributed by atoms with Crippen LogP contribution in [-0.2, 0) is 20.2 Å². The van der Waals surface area contributed by atoms with E-state index >= 15 is 0 Å². The summed E-state index contributed by atoms with van der Waals surface area (Å²) in [7, 11) is -7.46. The zero-order valence-corrected chi connectivity index (χ0v) is 22.5. The van der Waals surface area contributed by atoms with Crippen molar-refractivity contribution in [3.05, 3.63) is 0 Å². The summed E-state index contributed by atoms with van der Waals surface area (Å²) < 4.78 is 58.5. The molecular weight excluding hydrogens is 452 g/mol. The van der Waals surface area contributed by atoms with Crippen LogP contribution in [0.2, 0.25) is 0 Å². The Balaban J connectivity index is -0.000000232. The quantitative estimate of drug-likeness (QED) is 0.0993. The van der Waals surface area contributed by atoms with E-state index < -0.39 is 20.2 Å². The SMILES string of the molecule is CCCCCCCCCCCCS(=O)(=O)O.CCCCCCCCCCS(=O)(=O)O.N.N. The molecule has 0 aliphatic rings. The van der Waals surface area contributed by atoms with Gasteiger partial charge in [0.2, 0.25) is 0 Å². The van der Waals surface area contributed by atoms with Crippen LogP contribution in [0.3, 0.4) is 0 Å². The topological polar surface area (TPSA) is 179 Å². The van der Waals surface area contributed by atoms with Gasteiger partial charge >= 0.3 is 0 Å². The van der Waals surface area contributed by atoms with Crippen LogP contribution >= 0.6 is 0 Å². The average molecular weight is 507 g/mol. The van der Waals surface area contributed by atoms with Crippen LogP contribution in [-0.4, -0.2) is 37.4 Å². The van der Waals surface area contributed by atoms with Gasteiger partial charge in [0.25, 0.3) is 20.2 Å². The molecule has 0 rings (SSSR count). The fourth-order valence-corrected chi connectivity index (χ4v) is 4.33. The summed E-state index contributed by atoms with van der Waals surface area (Å²) in [5.41, 5.74) is 0. The van der Waals surface area contributed by atoms with Gasteiger partial charge in [0.05, 0.1) is 11.5 Å². The molecule has 0 fully saturated rings. The van der Waals surface area contributed by atoms with Gasteiger partial charge in [-0.2, -0.15) is 16.8 Å². The van der Waals surface area contributed by atoms with E-state index in [1.54, 1.807) is 0 Å². The minimum Gasteiger partial charge on any atom is -0.344 e. The third-order valence-electron chi connectivity index (χ3n) is 5.01. The molecule has 0 aromatic carbocycles. The highest BCUT2D eigenvalue weighted by molar-refractivity contribution is 7.86. The molecule has 0 saturated heterocycles. The minimum absolute atomic E-state index is 0. The number of hydrogen-bond acceptors (Lipinski definition) is 6. The molecule has 8 N–H and O–H groups in total. The van der Waals surface area contributed by atoms with Crippen molar-refractivity contribution in [2.45, 2.75) is 129 Å². The molecule has 10 heteroatoms.